The standard InChI is InChI=1S/C58H54ClN7O7S3/c1-57(2,3)72-56(70)62-34-35-74-36-42-44(30-19-33-61-42)75-45-32-31-43-46(53(68)66(43)49(45)54(69)71-50(37-20-9-4-10-21-37)38-22-11-5-12-23-38)63-52(67)48(47-51(59)76-55(60)64-47)65-73-58(39-24-13-6-14-25-39,40-26-15-7-16-27-40)41-28-17-8-18-29-41/h4-30,33,43,46,50H,31-32,34-36H2,1-3H3,(H2,60,64)(H,62,70)(H,63,67)/b65-48-/t43-,46+/m1/s1. The van der Waals surface area contributed by atoms with Crippen molar-refractivity contribution in [2.45, 2.75) is 73.7 Å². The molecule has 2 atom stereocenters. The van der Waals surface area contributed by atoms with Crippen LogP contribution in [0.1, 0.15) is 78.9 Å². The summed E-state index contributed by atoms with van der Waals surface area (Å²) in [4.78, 5) is 75.7. The van der Waals surface area contributed by atoms with Gasteiger partial charge in [-0.2, -0.15) is 11.8 Å². The molecule has 2 aliphatic heterocycles. The van der Waals surface area contributed by atoms with Crippen LogP contribution >= 0.6 is 46.5 Å². The van der Waals surface area contributed by atoms with Gasteiger partial charge in [0.25, 0.3) is 11.8 Å². The zero-order chi connectivity index (χ0) is 53.2. The van der Waals surface area contributed by atoms with Gasteiger partial charge in [-0.25, -0.2) is 14.6 Å². The van der Waals surface area contributed by atoms with Gasteiger partial charge in [-0.05, 0) is 56.9 Å². The number of fused-ring (bicyclic) bond motifs is 1. The van der Waals surface area contributed by atoms with Crippen LogP contribution in [0.15, 0.2) is 191 Å². The highest BCUT2D eigenvalue weighted by Crippen LogP contribution is 2.46. The smallest absolute Gasteiger partial charge is 0.407 e. The number of pyridine rings is 1. The Bertz CT molecular complexity index is 3100. The number of rotatable bonds is 19. The zero-order valence-electron chi connectivity index (χ0n) is 41.8. The normalized spacial score (nSPS) is 15.6. The number of thiazole rings is 1. The van der Waals surface area contributed by atoms with E-state index in [-0.39, 0.29) is 26.6 Å². The van der Waals surface area contributed by atoms with Crippen molar-refractivity contribution >= 4 is 81.2 Å². The second-order valence-electron chi connectivity index (χ2n) is 18.7. The summed E-state index contributed by atoms with van der Waals surface area (Å²) >= 11 is 10.7. The Hall–Kier alpha value is -7.44. The van der Waals surface area contributed by atoms with Crippen LogP contribution in [-0.4, -0.2) is 74.4 Å². The number of nitrogen functional groups attached to an aromatic ring is 1. The topological polar surface area (TPSA) is 187 Å². The SMILES string of the molecule is CC(C)(C)OC(=O)NCCSCc1ncccc1SC1=C(C(=O)OC(c2ccccc2)c2ccccc2)N2C(=O)[C@@H](NC(=O)/C(=N\OC(c3ccccc3)(c3ccccc3)c3ccccc3)c3nc(N)sc3Cl)[C@H]2CC1. The number of β-lactam (4-membered cyclic amide) rings is 1. The molecular formula is C58H54ClN7O7S3. The number of oxime groups is 1. The molecule has 1 fully saturated rings. The third-order valence-electron chi connectivity index (χ3n) is 12.4. The van der Waals surface area contributed by atoms with Crippen LogP contribution in [0.3, 0.4) is 0 Å². The van der Waals surface area contributed by atoms with Gasteiger partial charge in [0.2, 0.25) is 5.60 Å². The lowest BCUT2D eigenvalue weighted by Gasteiger charge is -2.50. The van der Waals surface area contributed by atoms with E-state index < -0.39 is 53.3 Å². The number of aromatic nitrogens is 2. The number of hydrogen-bond donors (Lipinski definition) is 3. The van der Waals surface area contributed by atoms with Crippen LogP contribution in [0.4, 0.5) is 9.93 Å². The van der Waals surface area contributed by atoms with Gasteiger partial charge in [0.05, 0.1) is 11.7 Å². The molecule has 388 valence electrons. The van der Waals surface area contributed by atoms with Crippen LogP contribution in [0.25, 0.3) is 0 Å². The van der Waals surface area contributed by atoms with Crippen LogP contribution in [0.5, 0.6) is 0 Å². The Balaban J connectivity index is 1.03. The Labute approximate surface area is 458 Å². The van der Waals surface area contributed by atoms with Crippen molar-refractivity contribution in [1.82, 2.24) is 25.5 Å². The maximum atomic E-state index is 15.0. The number of nitrogens with two attached hydrogens (primary N) is 1. The number of esters is 1. The number of benzene rings is 5. The maximum absolute atomic E-state index is 15.0. The minimum absolute atomic E-state index is 0.0301. The molecule has 4 N–H and O–H groups in total. The third-order valence-corrected chi connectivity index (χ3v) is 15.7. The number of carbonyl (C=O) groups excluding carboxylic acids is 4. The molecule has 0 bridgehead atoms. The first-order chi connectivity index (χ1) is 36.8. The van der Waals surface area contributed by atoms with Crippen molar-refractivity contribution in [2.24, 2.45) is 5.16 Å². The quantitative estimate of drug-likeness (QED) is 0.0174. The first-order valence-corrected chi connectivity index (χ1v) is 27.7. The zero-order valence-corrected chi connectivity index (χ0v) is 45.0. The minimum atomic E-state index is -1.38. The van der Waals surface area contributed by atoms with Crippen molar-refractivity contribution in [3.63, 3.8) is 0 Å². The molecule has 0 aliphatic carbocycles. The van der Waals surface area contributed by atoms with Crippen LogP contribution in [0.2, 0.25) is 4.34 Å². The predicted octanol–water partition coefficient (Wildman–Crippen LogP) is 11.1. The van der Waals surface area contributed by atoms with Gasteiger partial charge in [0, 0.05) is 50.7 Å². The summed E-state index contributed by atoms with van der Waals surface area (Å²) < 4.78 is 11.9. The second kappa shape index (κ2) is 24.0. The fraction of sp³-hybridized carbons (Fsp3) is 0.224. The Kier molecular flexibility index (Phi) is 16.9. The molecular weight excluding hydrogens is 1040 g/mol. The number of nitrogens with one attached hydrogen (secondary N) is 2. The largest absolute Gasteiger partial charge is 0.448 e. The third kappa shape index (κ3) is 12.1. The van der Waals surface area contributed by atoms with E-state index in [4.69, 9.17) is 36.6 Å². The lowest BCUT2D eigenvalue weighted by molar-refractivity contribution is -0.158. The molecule has 4 heterocycles. The van der Waals surface area contributed by atoms with Crippen molar-refractivity contribution in [3.8, 4) is 0 Å². The van der Waals surface area contributed by atoms with E-state index in [1.54, 1.807) is 18.0 Å². The Morgan fingerprint density at radius 1 is 0.829 bits per heavy atom. The van der Waals surface area contributed by atoms with E-state index in [1.807, 2.05) is 185 Å². The van der Waals surface area contributed by atoms with Gasteiger partial charge >= 0.3 is 12.1 Å². The number of amides is 3. The van der Waals surface area contributed by atoms with Gasteiger partial charge in [0.15, 0.2) is 16.9 Å². The van der Waals surface area contributed by atoms with E-state index in [0.717, 1.165) is 49.7 Å². The summed E-state index contributed by atoms with van der Waals surface area (Å²) in [6.45, 7) is 5.82. The average molecular weight is 1090 g/mol. The molecule has 5 aromatic carbocycles. The Morgan fingerprint density at radius 2 is 1.39 bits per heavy atom. The molecule has 2 aromatic heterocycles. The summed E-state index contributed by atoms with van der Waals surface area (Å²) in [5, 5.41) is 10.4. The van der Waals surface area contributed by atoms with Gasteiger partial charge in [-0.15, -0.1) is 0 Å². The number of carbonyl (C=O) groups is 4. The molecule has 76 heavy (non-hydrogen) atoms. The lowest BCUT2D eigenvalue weighted by Crippen LogP contribution is -2.72. The highest BCUT2D eigenvalue weighted by Gasteiger charge is 2.55. The van der Waals surface area contributed by atoms with Gasteiger partial charge in [0.1, 0.15) is 27.4 Å². The monoisotopic (exact) mass is 1090 g/mol. The Morgan fingerprint density at radius 3 is 1.93 bits per heavy atom. The van der Waals surface area contributed by atoms with E-state index in [0.29, 0.717) is 35.8 Å². The van der Waals surface area contributed by atoms with E-state index >= 15 is 4.79 Å². The van der Waals surface area contributed by atoms with Crippen molar-refractivity contribution in [1.29, 1.82) is 0 Å². The van der Waals surface area contributed by atoms with Gasteiger partial charge in [-0.1, -0.05) is 192 Å². The molecule has 3 amide bonds. The number of thioether (sulfide) groups is 2. The lowest BCUT2D eigenvalue weighted by atomic mass is 9.80. The van der Waals surface area contributed by atoms with Gasteiger partial charge < -0.3 is 30.7 Å². The maximum Gasteiger partial charge on any atom is 0.407 e. The fourth-order valence-corrected chi connectivity index (χ4v) is 12.0. The molecule has 9 rings (SSSR count). The van der Waals surface area contributed by atoms with Crippen molar-refractivity contribution in [3.05, 3.63) is 224 Å². The van der Waals surface area contributed by atoms with Crippen LogP contribution in [-0.2, 0) is 40.0 Å². The first kappa shape index (κ1) is 53.4. The van der Waals surface area contributed by atoms with Crippen LogP contribution in [0, 0.1) is 0 Å². The molecule has 1 saturated heterocycles. The van der Waals surface area contributed by atoms with E-state index in [1.165, 1.54) is 16.7 Å². The minimum Gasteiger partial charge on any atom is -0.448 e. The molecule has 7 aromatic rings. The van der Waals surface area contributed by atoms with Crippen molar-refractivity contribution < 1.29 is 33.5 Å². The number of halogens is 1. The number of nitrogens with zero attached hydrogens (tertiary/aromatic N) is 4. The summed E-state index contributed by atoms with van der Waals surface area (Å²) in [5.41, 5.74) is 8.31. The molecule has 18 heteroatoms. The highest BCUT2D eigenvalue weighted by molar-refractivity contribution is 8.03. The number of hydrogen-bond acceptors (Lipinski definition) is 14. The number of alkyl carbamates (subject to hydrolysis) is 1. The average Bonchev–Trinajstić information content (AvgIpc) is 3.79. The van der Waals surface area contributed by atoms with Crippen molar-refractivity contribution in [2.75, 3.05) is 18.0 Å². The number of anilines is 1. The summed E-state index contributed by atoms with van der Waals surface area (Å²) in [7, 11) is 0. The van der Waals surface area contributed by atoms with Gasteiger partial charge in [-0.3, -0.25) is 19.5 Å². The first-order valence-electron chi connectivity index (χ1n) is 24.5. The molecule has 0 radical (unpaired) electrons. The summed E-state index contributed by atoms with van der Waals surface area (Å²) in [5.74, 6) is -0.952. The van der Waals surface area contributed by atoms with Crippen LogP contribution < -0.4 is 16.4 Å². The summed E-state index contributed by atoms with van der Waals surface area (Å²) in [6, 6.07) is 49.4. The number of allylic oxidation sites excluding steroid dienone is 1. The number of ether oxygens (including phenoxy) is 2. The highest BCUT2D eigenvalue weighted by atomic mass is 35.5. The van der Waals surface area contributed by atoms with E-state index in [9.17, 15) is 14.4 Å². The molecule has 0 spiro atoms. The van der Waals surface area contributed by atoms with E-state index in [2.05, 4.69) is 20.8 Å². The fourth-order valence-electron chi connectivity index (χ4n) is 8.99. The second-order valence-corrected chi connectivity index (χ2v) is 22.5. The molecule has 2 aliphatic rings. The predicted molar refractivity (Wildman–Crippen MR) is 299 cm³/mol. The molecule has 14 nitrogen and oxygen atoms in total. The molecule has 0 unspecified atom stereocenters. The summed E-state index contributed by atoms with van der Waals surface area (Å²) in [6.07, 6.45) is 1.13. The molecule has 0 saturated carbocycles.